The standard InChI is InChI=1S/C16H14F2N2O4/c1-10(16(23)19-13-8-11(17)5-6-12(13)18)24-15(22)9-20-7-3-2-4-14(20)21/h2-8,10H,9H2,1H3,(H,19,23)/t10-/m0/s1. The maximum absolute atomic E-state index is 13.5. The number of carbonyl (C=O) groups excluding carboxylic acids is 2. The fourth-order valence-corrected chi connectivity index (χ4v) is 1.85. The average molecular weight is 336 g/mol. The zero-order valence-corrected chi connectivity index (χ0v) is 12.7. The number of hydrogen-bond donors (Lipinski definition) is 1. The van der Waals surface area contributed by atoms with E-state index < -0.39 is 35.2 Å². The molecule has 0 radical (unpaired) electrons. The summed E-state index contributed by atoms with van der Waals surface area (Å²) in [5.41, 5.74) is -0.754. The summed E-state index contributed by atoms with van der Waals surface area (Å²) >= 11 is 0. The first-order chi connectivity index (χ1) is 11.4. The Morgan fingerprint density at radius 2 is 2.00 bits per heavy atom. The van der Waals surface area contributed by atoms with Crippen molar-refractivity contribution < 1.29 is 23.1 Å². The largest absolute Gasteiger partial charge is 0.451 e. The number of rotatable bonds is 5. The number of anilines is 1. The minimum atomic E-state index is -1.25. The maximum atomic E-state index is 13.5. The second-order valence-corrected chi connectivity index (χ2v) is 4.91. The molecule has 0 saturated heterocycles. The topological polar surface area (TPSA) is 77.4 Å². The van der Waals surface area contributed by atoms with E-state index in [1.165, 1.54) is 25.3 Å². The Morgan fingerprint density at radius 3 is 2.71 bits per heavy atom. The van der Waals surface area contributed by atoms with Gasteiger partial charge in [-0.25, -0.2) is 8.78 Å². The molecule has 1 heterocycles. The molecule has 0 spiro atoms. The van der Waals surface area contributed by atoms with Crippen molar-refractivity contribution >= 4 is 17.6 Å². The molecule has 126 valence electrons. The second kappa shape index (κ2) is 7.49. The molecule has 0 fully saturated rings. The van der Waals surface area contributed by atoms with Gasteiger partial charge in [-0.2, -0.15) is 0 Å². The fraction of sp³-hybridized carbons (Fsp3) is 0.188. The first-order valence-corrected chi connectivity index (χ1v) is 6.97. The smallest absolute Gasteiger partial charge is 0.326 e. The van der Waals surface area contributed by atoms with Crippen LogP contribution in [-0.2, 0) is 20.9 Å². The van der Waals surface area contributed by atoms with Crippen LogP contribution in [0.2, 0.25) is 0 Å². The van der Waals surface area contributed by atoms with Crippen LogP contribution in [0.25, 0.3) is 0 Å². The molecule has 1 aromatic carbocycles. The molecule has 0 aliphatic carbocycles. The summed E-state index contributed by atoms with van der Waals surface area (Å²) in [4.78, 5) is 35.1. The third kappa shape index (κ3) is 4.48. The quantitative estimate of drug-likeness (QED) is 0.843. The molecule has 8 heteroatoms. The van der Waals surface area contributed by atoms with Crippen molar-refractivity contribution in [1.82, 2.24) is 4.57 Å². The molecule has 24 heavy (non-hydrogen) atoms. The van der Waals surface area contributed by atoms with Gasteiger partial charge in [0, 0.05) is 18.3 Å². The number of pyridine rings is 1. The number of hydrogen-bond acceptors (Lipinski definition) is 4. The van der Waals surface area contributed by atoms with Crippen LogP contribution in [-0.4, -0.2) is 22.5 Å². The Balaban J connectivity index is 1.96. The van der Waals surface area contributed by atoms with Gasteiger partial charge in [0.2, 0.25) is 0 Å². The van der Waals surface area contributed by atoms with Crippen LogP contribution in [0.15, 0.2) is 47.4 Å². The van der Waals surface area contributed by atoms with Gasteiger partial charge in [-0.05, 0) is 25.1 Å². The Morgan fingerprint density at radius 1 is 1.25 bits per heavy atom. The summed E-state index contributed by atoms with van der Waals surface area (Å²) in [6, 6.07) is 6.95. The minimum Gasteiger partial charge on any atom is -0.451 e. The lowest BCUT2D eigenvalue weighted by Crippen LogP contribution is -2.32. The van der Waals surface area contributed by atoms with Gasteiger partial charge in [0.1, 0.15) is 18.2 Å². The molecule has 0 aliphatic heterocycles. The van der Waals surface area contributed by atoms with Crippen molar-refractivity contribution in [2.75, 3.05) is 5.32 Å². The SMILES string of the molecule is C[C@H](OC(=O)Cn1ccccc1=O)C(=O)Nc1cc(F)ccc1F. The average Bonchev–Trinajstić information content (AvgIpc) is 2.53. The van der Waals surface area contributed by atoms with Gasteiger partial charge in [-0.1, -0.05) is 6.07 Å². The summed E-state index contributed by atoms with van der Waals surface area (Å²) in [5.74, 6) is -3.18. The van der Waals surface area contributed by atoms with E-state index in [-0.39, 0.29) is 12.2 Å². The van der Waals surface area contributed by atoms with E-state index >= 15 is 0 Å². The second-order valence-electron chi connectivity index (χ2n) is 4.91. The molecule has 6 nitrogen and oxygen atoms in total. The minimum absolute atomic E-state index is 0.359. The lowest BCUT2D eigenvalue weighted by molar-refractivity contribution is -0.153. The number of esters is 1. The van der Waals surface area contributed by atoms with E-state index in [4.69, 9.17) is 4.74 Å². The van der Waals surface area contributed by atoms with E-state index in [0.29, 0.717) is 0 Å². The van der Waals surface area contributed by atoms with Crippen LogP contribution >= 0.6 is 0 Å². The third-order valence-electron chi connectivity index (χ3n) is 3.06. The highest BCUT2D eigenvalue weighted by Gasteiger charge is 2.19. The van der Waals surface area contributed by atoms with Crippen LogP contribution in [0.3, 0.4) is 0 Å². The number of nitrogens with one attached hydrogen (secondary N) is 1. The molecule has 0 bridgehead atoms. The van der Waals surface area contributed by atoms with E-state index in [9.17, 15) is 23.2 Å². The van der Waals surface area contributed by atoms with Crippen LogP contribution in [0.4, 0.5) is 14.5 Å². The van der Waals surface area contributed by atoms with Crippen LogP contribution in [0.1, 0.15) is 6.92 Å². The summed E-state index contributed by atoms with van der Waals surface area (Å²) in [7, 11) is 0. The van der Waals surface area contributed by atoms with Crippen molar-refractivity contribution in [2.24, 2.45) is 0 Å². The summed E-state index contributed by atoms with van der Waals surface area (Å²) in [6.45, 7) is 0.907. The predicted molar refractivity (Wildman–Crippen MR) is 81.2 cm³/mol. The maximum Gasteiger partial charge on any atom is 0.326 e. The molecule has 1 amide bonds. The number of halogens is 2. The van der Waals surface area contributed by atoms with Crippen molar-refractivity contribution in [2.45, 2.75) is 19.6 Å². The van der Waals surface area contributed by atoms with Crippen molar-refractivity contribution in [1.29, 1.82) is 0 Å². The molecule has 2 aromatic rings. The molecule has 0 aliphatic rings. The highest BCUT2D eigenvalue weighted by Crippen LogP contribution is 2.15. The highest BCUT2D eigenvalue weighted by atomic mass is 19.1. The molecule has 1 N–H and O–H groups in total. The first kappa shape index (κ1) is 17.3. The Hall–Kier alpha value is -3.03. The molecule has 0 saturated carbocycles. The number of benzene rings is 1. The molecule has 2 rings (SSSR count). The lowest BCUT2D eigenvalue weighted by Gasteiger charge is -2.14. The van der Waals surface area contributed by atoms with E-state index in [2.05, 4.69) is 5.32 Å². The lowest BCUT2D eigenvalue weighted by atomic mass is 10.2. The van der Waals surface area contributed by atoms with E-state index in [1.54, 1.807) is 6.07 Å². The van der Waals surface area contributed by atoms with Crippen LogP contribution in [0.5, 0.6) is 0 Å². The van der Waals surface area contributed by atoms with Gasteiger partial charge >= 0.3 is 5.97 Å². The van der Waals surface area contributed by atoms with Gasteiger partial charge < -0.3 is 14.6 Å². The molecule has 1 atom stereocenters. The van der Waals surface area contributed by atoms with Gasteiger partial charge in [0.05, 0.1) is 5.69 Å². The summed E-state index contributed by atoms with van der Waals surface area (Å²) in [5, 5.41) is 2.13. The van der Waals surface area contributed by atoms with Gasteiger partial charge in [-0.15, -0.1) is 0 Å². The zero-order valence-electron chi connectivity index (χ0n) is 12.7. The third-order valence-corrected chi connectivity index (χ3v) is 3.06. The van der Waals surface area contributed by atoms with Crippen molar-refractivity contribution in [3.63, 3.8) is 0 Å². The van der Waals surface area contributed by atoms with E-state index in [1.807, 2.05) is 0 Å². The molecular weight excluding hydrogens is 322 g/mol. The van der Waals surface area contributed by atoms with Crippen molar-refractivity contribution in [3.05, 3.63) is 64.6 Å². The molecule has 0 unspecified atom stereocenters. The number of nitrogens with zero attached hydrogens (tertiary/aromatic N) is 1. The molecule has 1 aromatic heterocycles. The van der Waals surface area contributed by atoms with Gasteiger partial charge in [0.15, 0.2) is 6.10 Å². The fourth-order valence-electron chi connectivity index (χ4n) is 1.85. The first-order valence-electron chi connectivity index (χ1n) is 6.97. The van der Waals surface area contributed by atoms with Crippen molar-refractivity contribution in [3.8, 4) is 0 Å². The normalized spacial score (nSPS) is 11.6. The van der Waals surface area contributed by atoms with Gasteiger partial charge in [0.25, 0.3) is 11.5 Å². The summed E-state index contributed by atoms with van der Waals surface area (Å²) < 4.78 is 32.5. The Kier molecular flexibility index (Phi) is 5.41. The highest BCUT2D eigenvalue weighted by molar-refractivity contribution is 5.95. The van der Waals surface area contributed by atoms with Gasteiger partial charge in [-0.3, -0.25) is 14.4 Å². The number of amides is 1. The summed E-state index contributed by atoms with van der Waals surface area (Å²) in [6.07, 6.45) is 0.149. The predicted octanol–water partition coefficient (Wildman–Crippen LogP) is 1.70. The van der Waals surface area contributed by atoms with Crippen LogP contribution in [0, 0.1) is 11.6 Å². The number of aromatic nitrogens is 1. The monoisotopic (exact) mass is 336 g/mol. The number of carbonyl (C=O) groups is 2. The number of ether oxygens (including phenoxy) is 1. The van der Waals surface area contributed by atoms with E-state index in [0.717, 1.165) is 22.8 Å². The molecular formula is C16H14F2N2O4. The Labute approximate surface area is 135 Å². The van der Waals surface area contributed by atoms with Crippen LogP contribution < -0.4 is 10.9 Å². The zero-order chi connectivity index (χ0) is 17.7. The Bertz CT molecular complexity index is 820.